The van der Waals surface area contributed by atoms with Gasteiger partial charge in [0.15, 0.2) is 6.04 Å². The maximum atomic E-state index is 13.1. The molecule has 1 atom stereocenters. The number of nitrogens with one attached hydrogen (secondary N) is 1. The van der Waals surface area contributed by atoms with Crippen LogP contribution in [0.2, 0.25) is 5.02 Å². The molecule has 0 aliphatic heterocycles. The molecule has 1 saturated carbocycles. The third-order valence-corrected chi connectivity index (χ3v) is 4.95. The monoisotopic (exact) mass is 441 g/mol. The Morgan fingerprint density at radius 2 is 1.90 bits per heavy atom. The molecule has 1 N–H and O–H groups in total. The molecule has 5 nitrogen and oxygen atoms in total. The average Bonchev–Trinajstić information content (AvgIpc) is 3.53. The van der Waals surface area contributed by atoms with E-state index in [1.807, 2.05) is 0 Å². The van der Waals surface area contributed by atoms with E-state index in [2.05, 4.69) is 10.1 Å². The Morgan fingerprint density at radius 1 is 1.20 bits per heavy atom. The molecule has 1 unspecified atom stereocenters. The van der Waals surface area contributed by atoms with Gasteiger partial charge in [-0.15, -0.1) is 0 Å². The van der Waals surface area contributed by atoms with Crippen LogP contribution in [-0.4, -0.2) is 25.6 Å². The Balaban J connectivity index is 1.89. The number of benzene rings is 2. The average molecular weight is 442 g/mol. The van der Waals surface area contributed by atoms with Crippen molar-refractivity contribution in [1.29, 1.82) is 0 Å². The molecule has 1 aliphatic rings. The predicted molar refractivity (Wildman–Crippen MR) is 103 cm³/mol. The van der Waals surface area contributed by atoms with Gasteiger partial charge >= 0.3 is 12.1 Å². The van der Waals surface area contributed by atoms with Gasteiger partial charge in [0.1, 0.15) is 5.75 Å². The van der Waals surface area contributed by atoms with Crippen LogP contribution in [-0.2, 0) is 15.7 Å². The lowest BCUT2D eigenvalue weighted by Crippen LogP contribution is -2.35. The molecule has 1 aliphatic carbocycles. The number of halogens is 4. The number of ether oxygens (including phenoxy) is 2. The number of carbonyl (C=O) groups excluding carboxylic acids is 2. The van der Waals surface area contributed by atoms with E-state index in [4.69, 9.17) is 16.3 Å². The molecule has 2 aromatic rings. The summed E-state index contributed by atoms with van der Waals surface area (Å²) in [6.07, 6.45) is -2.52. The first kappa shape index (κ1) is 22.0. The van der Waals surface area contributed by atoms with Crippen LogP contribution in [0.3, 0.4) is 0 Å². The van der Waals surface area contributed by atoms with Crippen LogP contribution < -0.4 is 10.1 Å². The van der Waals surface area contributed by atoms with Crippen molar-refractivity contribution in [1.82, 2.24) is 5.32 Å². The Labute approximate surface area is 176 Å². The summed E-state index contributed by atoms with van der Waals surface area (Å²) in [5.41, 5.74) is -1.02. The molecule has 2 aromatic carbocycles. The van der Waals surface area contributed by atoms with Gasteiger partial charge in [-0.05, 0) is 48.6 Å². The Kier molecular flexibility index (Phi) is 6.55. The molecule has 1 fully saturated rings. The lowest BCUT2D eigenvalue weighted by atomic mass is 10.0. The second-order valence-corrected chi connectivity index (χ2v) is 7.33. The van der Waals surface area contributed by atoms with Crippen molar-refractivity contribution in [3.63, 3.8) is 0 Å². The SMILES string of the molecule is COC(=O)C(NC(=O)c1c(Cl)cccc1OCC1CC1)c1cccc(C(F)(F)F)c1. The lowest BCUT2D eigenvalue weighted by Gasteiger charge is -2.20. The normalized spacial score (nSPS) is 14.7. The zero-order chi connectivity index (χ0) is 21.9. The van der Waals surface area contributed by atoms with Gasteiger partial charge in [0.2, 0.25) is 0 Å². The highest BCUT2D eigenvalue weighted by molar-refractivity contribution is 6.34. The fourth-order valence-corrected chi connectivity index (χ4v) is 3.08. The van der Waals surface area contributed by atoms with Gasteiger partial charge in [0, 0.05) is 0 Å². The summed E-state index contributed by atoms with van der Waals surface area (Å²) in [7, 11) is 1.08. The highest BCUT2D eigenvalue weighted by Crippen LogP contribution is 2.33. The minimum Gasteiger partial charge on any atom is -0.492 e. The highest BCUT2D eigenvalue weighted by Gasteiger charge is 2.33. The molecule has 0 spiro atoms. The molecule has 0 aromatic heterocycles. The van der Waals surface area contributed by atoms with Gasteiger partial charge in [-0.1, -0.05) is 29.8 Å². The first-order valence-corrected chi connectivity index (χ1v) is 9.55. The van der Waals surface area contributed by atoms with Gasteiger partial charge in [-0.25, -0.2) is 4.79 Å². The van der Waals surface area contributed by atoms with E-state index in [1.54, 1.807) is 12.1 Å². The van der Waals surface area contributed by atoms with Crippen molar-refractivity contribution in [3.8, 4) is 5.75 Å². The molecule has 30 heavy (non-hydrogen) atoms. The summed E-state index contributed by atoms with van der Waals surface area (Å²) in [5, 5.41) is 2.51. The van der Waals surface area contributed by atoms with Gasteiger partial charge < -0.3 is 14.8 Å². The fourth-order valence-electron chi connectivity index (χ4n) is 2.83. The Morgan fingerprint density at radius 3 is 2.53 bits per heavy atom. The summed E-state index contributed by atoms with van der Waals surface area (Å²) < 4.78 is 49.6. The molecule has 9 heteroatoms. The minimum absolute atomic E-state index is 0.000644. The predicted octanol–water partition coefficient (Wildman–Crippen LogP) is 4.79. The van der Waals surface area contributed by atoms with E-state index in [9.17, 15) is 22.8 Å². The van der Waals surface area contributed by atoms with Crippen LogP contribution in [0.15, 0.2) is 42.5 Å². The van der Waals surface area contributed by atoms with E-state index < -0.39 is 29.7 Å². The molecule has 160 valence electrons. The summed E-state index contributed by atoms with van der Waals surface area (Å²) in [5.74, 6) is -1.03. The maximum Gasteiger partial charge on any atom is 0.416 e. The van der Waals surface area contributed by atoms with E-state index >= 15 is 0 Å². The zero-order valence-corrected chi connectivity index (χ0v) is 16.7. The number of carbonyl (C=O) groups is 2. The Bertz CT molecular complexity index is 944. The van der Waals surface area contributed by atoms with Crippen LogP contribution in [0.25, 0.3) is 0 Å². The van der Waals surface area contributed by atoms with Crippen molar-refractivity contribution in [2.45, 2.75) is 25.1 Å². The minimum atomic E-state index is -4.60. The zero-order valence-electron chi connectivity index (χ0n) is 16.0. The summed E-state index contributed by atoms with van der Waals surface area (Å²) in [4.78, 5) is 25.2. The largest absolute Gasteiger partial charge is 0.492 e. The van der Waals surface area contributed by atoms with Crippen molar-refractivity contribution < 1.29 is 32.2 Å². The third kappa shape index (κ3) is 5.24. The van der Waals surface area contributed by atoms with Crippen LogP contribution in [0.1, 0.15) is 40.4 Å². The standard InChI is InChI=1S/C21H19ClF3NO4/c1-29-20(28)18(13-4-2-5-14(10-13)21(23,24)25)26-19(27)17-15(22)6-3-7-16(17)30-11-12-8-9-12/h2-7,10,12,18H,8-9,11H2,1H3,(H,26,27). The third-order valence-electron chi connectivity index (χ3n) is 4.63. The number of methoxy groups -OCH3 is 1. The number of hydrogen-bond donors (Lipinski definition) is 1. The number of esters is 1. The second kappa shape index (κ2) is 8.95. The van der Waals surface area contributed by atoms with Crippen molar-refractivity contribution in [2.75, 3.05) is 13.7 Å². The smallest absolute Gasteiger partial charge is 0.416 e. The second-order valence-electron chi connectivity index (χ2n) is 6.92. The maximum absolute atomic E-state index is 13.1. The van der Waals surface area contributed by atoms with Crippen LogP contribution >= 0.6 is 11.6 Å². The molecule has 0 bridgehead atoms. The fraction of sp³-hybridized carbons (Fsp3) is 0.333. The summed E-state index contributed by atoms with van der Waals surface area (Å²) in [6, 6.07) is 7.33. The van der Waals surface area contributed by atoms with Gasteiger partial charge in [-0.2, -0.15) is 13.2 Å². The lowest BCUT2D eigenvalue weighted by molar-refractivity contribution is -0.143. The molecule has 0 radical (unpaired) electrons. The van der Waals surface area contributed by atoms with Crippen LogP contribution in [0, 0.1) is 5.92 Å². The summed E-state index contributed by atoms with van der Waals surface area (Å²) in [6.45, 7) is 0.425. The van der Waals surface area contributed by atoms with Gasteiger partial charge in [0.05, 0.1) is 29.9 Å². The first-order valence-electron chi connectivity index (χ1n) is 9.18. The quantitative estimate of drug-likeness (QED) is 0.627. The number of rotatable bonds is 7. The van der Waals surface area contributed by atoms with E-state index in [0.717, 1.165) is 38.2 Å². The van der Waals surface area contributed by atoms with Crippen molar-refractivity contribution in [2.24, 2.45) is 5.92 Å². The molecular weight excluding hydrogens is 423 g/mol. The van der Waals surface area contributed by atoms with Gasteiger partial charge in [-0.3, -0.25) is 4.79 Å². The topological polar surface area (TPSA) is 64.6 Å². The molecule has 0 saturated heterocycles. The van der Waals surface area contributed by atoms with Crippen LogP contribution in [0.5, 0.6) is 5.75 Å². The van der Waals surface area contributed by atoms with Gasteiger partial charge in [0.25, 0.3) is 5.91 Å². The first-order chi connectivity index (χ1) is 14.2. The summed E-state index contributed by atoms with van der Waals surface area (Å²) >= 11 is 6.18. The number of hydrogen-bond acceptors (Lipinski definition) is 4. The number of alkyl halides is 3. The Hall–Kier alpha value is -2.74. The molecule has 3 rings (SSSR count). The molecule has 1 amide bonds. The number of amides is 1. The van der Waals surface area contributed by atoms with Crippen molar-refractivity contribution >= 4 is 23.5 Å². The van der Waals surface area contributed by atoms with E-state index in [0.29, 0.717) is 12.5 Å². The molecular formula is C21H19ClF3NO4. The van der Waals surface area contributed by atoms with Crippen LogP contribution in [0.4, 0.5) is 13.2 Å². The van der Waals surface area contributed by atoms with Crippen molar-refractivity contribution in [3.05, 3.63) is 64.2 Å². The highest BCUT2D eigenvalue weighted by atomic mass is 35.5. The molecule has 0 heterocycles. The van der Waals surface area contributed by atoms with E-state index in [1.165, 1.54) is 12.1 Å². The van der Waals surface area contributed by atoms with E-state index in [-0.39, 0.29) is 21.9 Å².